The summed E-state index contributed by atoms with van der Waals surface area (Å²) in [6.07, 6.45) is 2.28. The van der Waals surface area contributed by atoms with Gasteiger partial charge in [0.05, 0.1) is 17.8 Å². The van der Waals surface area contributed by atoms with Crippen LogP contribution in [0.25, 0.3) is 11.6 Å². The van der Waals surface area contributed by atoms with Gasteiger partial charge in [0.15, 0.2) is 11.5 Å². The number of likely N-dealkylation sites (tertiary alicyclic amines) is 1. The van der Waals surface area contributed by atoms with E-state index in [-0.39, 0.29) is 17.5 Å². The van der Waals surface area contributed by atoms with Crippen LogP contribution in [0.2, 0.25) is 0 Å². The minimum atomic E-state index is -0.741. The Balaban J connectivity index is 1.49. The number of carbonyl (C=O) groups excluding carboxylic acids is 1. The predicted octanol–water partition coefficient (Wildman–Crippen LogP) is 2.00. The Labute approximate surface area is 146 Å². The first-order valence-corrected chi connectivity index (χ1v) is 7.98. The van der Waals surface area contributed by atoms with E-state index >= 15 is 0 Å². The highest BCUT2D eigenvalue weighted by Crippen LogP contribution is 2.25. The monoisotopic (exact) mass is 360 g/mol. The highest BCUT2D eigenvalue weighted by Gasteiger charge is 2.30. The summed E-state index contributed by atoms with van der Waals surface area (Å²) in [5, 5.41) is 11.8. The van der Waals surface area contributed by atoms with Crippen molar-refractivity contribution in [2.75, 3.05) is 13.1 Å². The maximum absolute atomic E-state index is 13.8. The molecule has 3 heterocycles. The zero-order chi connectivity index (χ0) is 18.3. The number of nitrogens with zero attached hydrogens (tertiary/aromatic N) is 6. The van der Waals surface area contributed by atoms with Gasteiger partial charge in [-0.15, -0.1) is 5.10 Å². The van der Waals surface area contributed by atoms with Crippen molar-refractivity contribution in [3.63, 3.8) is 0 Å². The number of aromatic nitrogens is 5. The number of benzene rings is 1. The van der Waals surface area contributed by atoms with Crippen LogP contribution in [0.3, 0.4) is 0 Å². The molecule has 1 aliphatic heterocycles. The molecule has 1 fully saturated rings. The summed E-state index contributed by atoms with van der Waals surface area (Å²) in [7, 11) is 0. The van der Waals surface area contributed by atoms with Gasteiger partial charge in [-0.05, 0) is 31.5 Å². The molecule has 10 heteroatoms. The molecule has 1 amide bonds. The third-order valence-corrected chi connectivity index (χ3v) is 4.24. The normalized spacial score (nSPS) is 17.0. The van der Waals surface area contributed by atoms with Crippen molar-refractivity contribution in [3.8, 4) is 11.6 Å². The van der Waals surface area contributed by atoms with Crippen LogP contribution in [0.1, 0.15) is 28.6 Å². The van der Waals surface area contributed by atoms with Crippen molar-refractivity contribution in [2.24, 2.45) is 0 Å². The van der Waals surface area contributed by atoms with Crippen LogP contribution in [0.5, 0.6) is 0 Å². The summed E-state index contributed by atoms with van der Waals surface area (Å²) >= 11 is 0. The van der Waals surface area contributed by atoms with Gasteiger partial charge in [-0.25, -0.2) is 13.5 Å². The van der Waals surface area contributed by atoms with E-state index in [1.54, 1.807) is 17.8 Å². The van der Waals surface area contributed by atoms with Gasteiger partial charge >= 0.3 is 0 Å². The number of halogens is 2. The van der Waals surface area contributed by atoms with Crippen molar-refractivity contribution < 1.29 is 18.1 Å². The SMILES string of the molecule is Cc1noc(-c2cn(C3CCN(C(=O)c4cc(F)ccc4F)C3)nn2)n1. The molecule has 1 unspecified atom stereocenters. The van der Waals surface area contributed by atoms with E-state index in [0.717, 1.165) is 18.2 Å². The van der Waals surface area contributed by atoms with Gasteiger partial charge in [0, 0.05) is 13.1 Å². The van der Waals surface area contributed by atoms with Gasteiger partial charge in [-0.2, -0.15) is 4.98 Å². The molecule has 4 rings (SSSR count). The standard InChI is InChI=1S/C16H14F2N6O2/c1-9-19-15(26-21-9)14-8-24(22-20-14)11-4-5-23(7-11)16(25)12-6-10(17)2-3-13(12)18/h2-3,6,8,11H,4-5,7H2,1H3. The van der Waals surface area contributed by atoms with Crippen LogP contribution >= 0.6 is 0 Å². The molecule has 1 saturated heterocycles. The fourth-order valence-corrected chi connectivity index (χ4v) is 2.93. The van der Waals surface area contributed by atoms with Crippen molar-refractivity contribution in [1.29, 1.82) is 0 Å². The largest absolute Gasteiger partial charge is 0.336 e. The van der Waals surface area contributed by atoms with E-state index in [9.17, 15) is 13.6 Å². The molecule has 0 radical (unpaired) electrons. The Morgan fingerprint density at radius 3 is 2.96 bits per heavy atom. The first kappa shape index (κ1) is 16.3. The van der Waals surface area contributed by atoms with E-state index in [1.807, 2.05) is 0 Å². The summed E-state index contributed by atoms with van der Waals surface area (Å²) in [4.78, 5) is 18.0. The summed E-state index contributed by atoms with van der Waals surface area (Å²) in [6.45, 7) is 2.43. The van der Waals surface area contributed by atoms with E-state index in [2.05, 4.69) is 20.5 Å². The average molecular weight is 360 g/mol. The van der Waals surface area contributed by atoms with E-state index in [1.165, 1.54) is 4.90 Å². The maximum Gasteiger partial charge on any atom is 0.280 e. The summed E-state index contributed by atoms with van der Waals surface area (Å²) in [5.74, 6) is -1.18. The smallest absolute Gasteiger partial charge is 0.280 e. The Kier molecular flexibility index (Phi) is 3.94. The molecule has 0 aliphatic carbocycles. The summed E-state index contributed by atoms with van der Waals surface area (Å²) in [6, 6.07) is 2.72. The maximum atomic E-state index is 13.8. The third-order valence-electron chi connectivity index (χ3n) is 4.24. The van der Waals surface area contributed by atoms with Crippen LogP contribution in [-0.2, 0) is 0 Å². The molecular weight excluding hydrogens is 346 g/mol. The number of carbonyl (C=O) groups is 1. The van der Waals surface area contributed by atoms with Gasteiger partial charge in [0.2, 0.25) is 0 Å². The molecule has 0 bridgehead atoms. The van der Waals surface area contributed by atoms with Crippen molar-refractivity contribution in [1.82, 2.24) is 30.0 Å². The predicted molar refractivity (Wildman–Crippen MR) is 84.0 cm³/mol. The molecule has 26 heavy (non-hydrogen) atoms. The number of hydrogen-bond acceptors (Lipinski definition) is 6. The lowest BCUT2D eigenvalue weighted by atomic mass is 10.2. The Morgan fingerprint density at radius 1 is 1.35 bits per heavy atom. The second-order valence-electron chi connectivity index (χ2n) is 6.05. The molecule has 0 saturated carbocycles. The van der Waals surface area contributed by atoms with Gasteiger partial charge < -0.3 is 9.42 Å². The van der Waals surface area contributed by atoms with E-state index in [4.69, 9.17) is 4.52 Å². The molecule has 8 nitrogen and oxygen atoms in total. The second kappa shape index (κ2) is 6.28. The van der Waals surface area contributed by atoms with Crippen LogP contribution in [-0.4, -0.2) is 49.0 Å². The number of rotatable bonds is 3. The molecule has 134 valence electrons. The van der Waals surface area contributed by atoms with Crippen LogP contribution in [0, 0.1) is 18.6 Å². The van der Waals surface area contributed by atoms with Gasteiger partial charge in [0.25, 0.3) is 11.8 Å². The van der Waals surface area contributed by atoms with Crippen LogP contribution in [0.4, 0.5) is 8.78 Å². The van der Waals surface area contributed by atoms with Crippen LogP contribution in [0.15, 0.2) is 28.9 Å². The lowest BCUT2D eigenvalue weighted by Gasteiger charge is -2.17. The zero-order valence-corrected chi connectivity index (χ0v) is 13.8. The minimum Gasteiger partial charge on any atom is -0.336 e. The fraction of sp³-hybridized carbons (Fsp3) is 0.312. The van der Waals surface area contributed by atoms with Gasteiger partial charge in [-0.1, -0.05) is 10.4 Å². The van der Waals surface area contributed by atoms with E-state index in [0.29, 0.717) is 31.0 Å². The van der Waals surface area contributed by atoms with Crippen LogP contribution < -0.4 is 0 Å². The fourth-order valence-electron chi connectivity index (χ4n) is 2.93. The first-order chi connectivity index (χ1) is 12.5. The van der Waals surface area contributed by atoms with Gasteiger partial charge in [-0.3, -0.25) is 4.79 Å². The molecule has 1 atom stereocenters. The highest BCUT2D eigenvalue weighted by atomic mass is 19.1. The molecule has 2 aromatic heterocycles. The summed E-state index contributed by atoms with van der Waals surface area (Å²) in [5.41, 5.74) is 0.165. The topological polar surface area (TPSA) is 89.9 Å². The molecule has 3 aromatic rings. The van der Waals surface area contributed by atoms with Crippen molar-refractivity contribution in [2.45, 2.75) is 19.4 Å². The molecule has 1 aromatic carbocycles. The Bertz CT molecular complexity index is 969. The Morgan fingerprint density at radius 2 is 2.19 bits per heavy atom. The third kappa shape index (κ3) is 2.93. The summed E-state index contributed by atoms with van der Waals surface area (Å²) < 4.78 is 33.8. The zero-order valence-electron chi connectivity index (χ0n) is 13.8. The number of amides is 1. The van der Waals surface area contributed by atoms with Crippen molar-refractivity contribution >= 4 is 5.91 Å². The van der Waals surface area contributed by atoms with E-state index < -0.39 is 17.5 Å². The second-order valence-corrected chi connectivity index (χ2v) is 6.05. The average Bonchev–Trinajstić information content (AvgIpc) is 3.35. The number of aryl methyl sites for hydroxylation is 1. The van der Waals surface area contributed by atoms with Gasteiger partial charge in [0.1, 0.15) is 11.6 Å². The Hall–Kier alpha value is -3.17. The molecule has 0 N–H and O–H groups in total. The lowest BCUT2D eigenvalue weighted by molar-refractivity contribution is 0.0781. The van der Waals surface area contributed by atoms with Crippen molar-refractivity contribution in [3.05, 3.63) is 47.4 Å². The lowest BCUT2D eigenvalue weighted by Crippen LogP contribution is -2.30. The molecule has 0 spiro atoms. The quantitative estimate of drug-likeness (QED) is 0.710. The minimum absolute atomic E-state index is 0.124. The highest BCUT2D eigenvalue weighted by molar-refractivity contribution is 5.94. The molecule has 1 aliphatic rings. The number of hydrogen-bond donors (Lipinski definition) is 0. The first-order valence-electron chi connectivity index (χ1n) is 7.98. The molecular formula is C16H14F2N6O2.